The molecule has 1 aromatic heterocycles. The summed E-state index contributed by atoms with van der Waals surface area (Å²) in [6, 6.07) is 9.81. The molecule has 0 saturated carbocycles. The van der Waals surface area contributed by atoms with Gasteiger partial charge in [-0.2, -0.15) is 11.8 Å². The topological polar surface area (TPSA) is 54.7 Å². The van der Waals surface area contributed by atoms with E-state index in [1.165, 1.54) is 12.1 Å². The van der Waals surface area contributed by atoms with Crippen molar-refractivity contribution >= 4 is 17.7 Å². The van der Waals surface area contributed by atoms with Crippen LogP contribution in [0.1, 0.15) is 11.8 Å². The van der Waals surface area contributed by atoms with Gasteiger partial charge in [-0.25, -0.2) is 4.39 Å². The molecule has 1 unspecified atom stereocenters. The molecule has 1 aliphatic rings. The van der Waals surface area contributed by atoms with Crippen LogP contribution in [0.15, 0.2) is 47.1 Å². The van der Waals surface area contributed by atoms with Gasteiger partial charge in [0.05, 0.1) is 12.3 Å². The Kier molecular flexibility index (Phi) is 6.36. The number of hydrogen-bond donors (Lipinski definition) is 1. The molecule has 5 nitrogen and oxygen atoms in total. The first kappa shape index (κ1) is 17.8. The van der Waals surface area contributed by atoms with Crippen LogP contribution in [0.4, 0.5) is 4.39 Å². The predicted octanol–water partition coefficient (Wildman–Crippen LogP) is 2.70. The first-order valence-electron chi connectivity index (χ1n) is 8.23. The van der Waals surface area contributed by atoms with E-state index in [-0.39, 0.29) is 24.3 Å². The van der Waals surface area contributed by atoms with Gasteiger partial charge in [0.25, 0.3) is 5.91 Å². The minimum atomic E-state index is -0.477. The second-order valence-corrected chi connectivity index (χ2v) is 6.93. The average Bonchev–Trinajstić information content (AvgIpc) is 3.16. The van der Waals surface area contributed by atoms with Gasteiger partial charge in [0.2, 0.25) is 0 Å². The Morgan fingerprint density at radius 3 is 2.80 bits per heavy atom. The molecule has 2 aromatic rings. The van der Waals surface area contributed by atoms with E-state index in [0.717, 1.165) is 30.4 Å². The van der Waals surface area contributed by atoms with Gasteiger partial charge in [-0.3, -0.25) is 9.69 Å². The Labute approximate surface area is 150 Å². The average molecular weight is 364 g/mol. The van der Waals surface area contributed by atoms with E-state index in [0.29, 0.717) is 6.54 Å². The van der Waals surface area contributed by atoms with Crippen molar-refractivity contribution in [1.29, 1.82) is 0 Å². The summed E-state index contributed by atoms with van der Waals surface area (Å²) in [5.74, 6) is 2.29. The molecule has 0 radical (unpaired) electrons. The lowest BCUT2D eigenvalue weighted by Crippen LogP contribution is -2.42. The van der Waals surface area contributed by atoms with E-state index >= 15 is 0 Å². The van der Waals surface area contributed by atoms with E-state index in [1.807, 2.05) is 23.9 Å². The summed E-state index contributed by atoms with van der Waals surface area (Å²) in [7, 11) is 0. The number of para-hydroxylation sites is 1. The molecule has 1 amide bonds. The quantitative estimate of drug-likeness (QED) is 0.819. The molecule has 1 atom stereocenters. The van der Waals surface area contributed by atoms with Crippen molar-refractivity contribution in [3.05, 3.63) is 54.2 Å². The Morgan fingerprint density at radius 2 is 2.08 bits per heavy atom. The molecule has 1 fully saturated rings. The zero-order valence-electron chi connectivity index (χ0n) is 13.8. The van der Waals surface area contributed by atoms with Crippen molar-refractivity contribution in [1.82, 2.24) is 10.2 Å². The summed E-state index contributed by atoms with van der Waals surface area (Å²) in [6.45, 7) is 2.12. The minimum Gasteiger partial charge on any atom is -0.481 e. The lowest BCUT2D eigenvalue weighted by molar-refractivity contribution is -0.123. The lowest BCUT2D eigenvalue weighted by atomic mass is 10.2. The van der Waals surface area contributed by atoms with Gasteiger partial charge in [0, 0.05) is 31.1 Å². The van der Waals surface area contributed by atoms with E-state index < -0.39 is 5.82 Å². The Morgan fingerprint density at radius 1 is 1.28 bits per heavy atom. The number of benzene rings is 1. The Hall–Kier alpha value is -1.99. The second kappa shape index (κ2) is 8.92. The number of halogens is 1. The number of amides is 1. The molecule has 1 aromatic carbocycles. The van der Waals surface area contributed by atoms with E-state index in [1.54, 1.807) is 18.4 Å². The highest BCUT2D eigenvalue weighted by atomic mass is 32.2. The molecule has 134 valence electrons. The Balaban J connectivity index is 1.53. The van der Waals surface area contributed by atoms with E-state index in [9.17, 15) is 9.18 Å². The summed E-state index contributed by atoms with van der Waals surface area (Å²) in [4.78, 5) is 14.4. The monoisotopic (exact) mass is 364 g/mol. The molecule has 1 N–H and O–H groups in total. The molecule has 3 rings (SSSR count). The Bertz CT molecular complexity index is 675. The number of carbonyl (C=O) groups excluding carboxylic acids is 1. The minimum absolute atomic E-state index is 0.00619. The van der Waals surface area contributed by atoms with Crippen LogP contribution in [0, 0.1) is 5.82 Å². The summed E-state index contributed by atoms with van der Waals surface area (Å²) in [5.41, 5.74) is 0. The normalized spacial score (nSPS) is 16.4. The molecule has 0 bridgehead atoms. The van der Waals surface area contributed by atoms with Gasteiger partial charge >= 0.3 is 0 Å². The van der Waals surface area contributed by atoms with Crippen LogP contribution >= 0.6 is 11.8 Å². The number of carbonyl (C=O) groups is 1. The van der Waals surface area contributed by atoms with Crippen LogP contribution in [-0.4, -0.2) is 48.6 Å². The molecule has 0 aliphatic carbocycles. The maximum Gasteiger partial charge on any atom is 0.258 e. The number of nitrogens with zero attached hydrogens (tertiary/aromatic N) is 1. The third kappa shape index (κ3) is 4.99. The van der Waals surface area contributed by atoms with E-state index in [2.05, 4.69) is 10.2 Å². The molecule has 7 heteroatoms. The first-order valence-corrected chi connectivity index (χ1v) is 9.39. The van der Waals surface area contributed by atoms with Crippen molar-refractivity contribution in [2.45, 2.75) is 6.04 Å². The van der Waals surface area contributed by atoms with Crippen LogP contribution < -0.4 is 10.1 Å². The summed E-state index contributed by atoms with van der Waals surface area (Å²) in [5, 5.41) is 2.86. The third-order valence-electron chi connectivity index (χ3n) is 4.05. The fraction of sp³-hybridized carbons (Fsp3) is 0.389. The highest BCUT2D eigenvalue weighted by molar-refractivity contribution is 7.99. The second-order valence-electron chi connectivity index (χ2n) is 5.70. The zero-order chi connectivity index (χ0) is 17.5. The number of hydrogen-bond acceptors (Lipinski definition) is 5. The van der Waals surface area contributed by atoms with Gasteiger partial charge in [0.1, 0.15) is 5.76 Å². The number of ether oxygens (including phenoxy) is 1. The molecule has 2 heterocycles. The predicted molar refractivity (Wildman–Crippen MR) is 95.3 cm³/mol. The summed E-state index contributed by atoms with van der Waals surface area (Å²) >= 11 is 1.93. The summed E-state index contributed by atoms with van der Waals surface area (Å²) < 4.78 is 24.3. The van der Waals surface area contributed by atoms with Crippen LogP contribution in [-0.2, 0) is 4.79 Å². The molecule has 25 heavy (non-hydrogen) atoms. The number of nitrogens with one attached hydrogen (secondary N) is 1. The molecular formula is C18H21FN2O3S. The first-order chi connectivity index (χ1) is 12.2. The fourth-order valence-corrected chi connectivity index (χ4v) is 3.68. The highest BCUT2D eigenvalue weighted by Crippen LogP contribution is 2.24. The van der Waals surface area contributed by atoms with Crippen LogP contribution in [0.3, 0.4) is 0 Å². The van der Waals surface area contributed by atoms with Crippen molar-refractivity contribution < 1.29 is 18.3 Å². The van der Waals surface area contributed by atoms with Crippen molar-refractivity contribution in [2.24, 2.45) is 0 Å². The van der Waals surface area contributed by atoms with Gasteiger partial charge in [-0.05, 0) is 24.3 Å². The highest BCUT2D eigenvalue weighted by Gasteiger charge is 2.25. The largest absolute Gasteiger partial charge is 0.481 e. The van der Waals surface area contributed by atoms with Gasteiger partial charge < -0.3 is 14.5 Å². The van der Waals surface area contributed by atoms with Gasteiger partial charge in [0.15, 0.2) is 18.2 Å². The number of rotatable bonds is 7. The van der Waals surface area contributed by atoms with Crippen molar-refractivity contribution in [2.75, 3.05) is 37.7 Å². The fourth-order valence-electron chi connectivity index (χ4n) is 2.75. The third-order valence-corrected chi connectivity index (χ3v) is 4.99. The summed E-state index contributed by atoms with van der Waals surface area (Å²) in [6.07, 6.45) is 1.64. The van der Waals surface area contributed by atoms with Gasteiger partial charge in [-0.15, -0.1) is 0 Å². The maximum atomic E-state index is 13.5. The number of thioether (sulfide) groups is 1. The van der Waals surface area contributed by atoms with Crippen LogP contribution in [0.5, 0.6) is 5.75 Å². The smallest absolute Gasteiger partial charge is 0.258 e. The molecule has 1 aliphatic heterocycles. The van der Waals surface area contributed by atoms with Gasteiger partial charge in [-0.1, -0.05) is 12.1 Å². The van der Waals surface area contributed by atoms with Crippen molar-refractivity contribution in [3.63, 3.8) is 0 Å². The van der Waals surface area contributed by atoms with Crippen LogP contribution in [0.25, 0.3) is 0 Å². The maximum absolute atomic E-state index is 13.5. The van der Waals surface area contributed by atoms with Crippen molar-refractivity contribution in [3.8, 4) is 5.75 Å². The molecule has 0 spiro atoms. The number of furan rings is 1. The van der Waals surface area contributed by atoms with E-state index in [4.69, 9.17) is 9.15 Å². The molecule has 1 saturated heterocycles. The van der Waals surface area contributed by atoms with Crippen LogP contribution in [0.2, 0.25) is 0 Å². The SMILES string of the molecule is O=C(COc1ccccc1F)NCC(c1ccco1)N1CCSCC1. The standard InChI is InChI=1S/C18H21FN2O3S/c19-14-4-1-2-5-16(14)24-13-18(22)20-12-15(17-6-3-9-23-17)21-7-10-25-11-8-21/h1-6,9,15H,7-8,10-13H2,(H,20,22). The lowest BCUT2D eigenvalue weighted by Gasteiger charge is -2.33. The zero-order valence-corrected chi connectivity index (χ0v) is 14.6. The molecular weight excluding hydrogens is 343 g/mol.